The van der Waals surface area contributed by atoms with E-state index in [0.717, 1.165) is 90.5 Å². The van der Waals surface area contributed by atoms with E-state index in [1.807, 2.05) is 48.2 Å². The number of nitrogens with two attached hydrogens (primary N) is 1. The topological polar surface area (TPSA) is 227 Å². The van der Waals surface area contributed by atoms with Crippen LogP contribution >= 0.6 is 34.5 Å². The van der Waals surface area contributed by atoms with Crippen LogP contribution in [0.1, 0.15) is 18.2 Å². The van der Waals surface area contributed by atoms with Gasteiger partial charge in [0, 0.05) is 110 Å². The maximum absolute atomic E-state index is 13.0. The van der Waals surface area contributed by atoms with Gasteiger partial charge in [0.15, 0.2) is 0 Å². The number of halogens is 2. The third-order valence-electron chi connectivity index (χ3n) is 12.9. The fourth-order valence-electron chi connectivity index (χ4n) is 9.11. The van der Waals surface area contributed by atoms with Crippen LogP contribution in [0, 0.1) is 0 Å². The van der Waals surface area contributed by atoms with Crippen molar-refractivity contribution in [3.63, 3.8) is 0 Å². The monoisotopic (exact) mass is 1110 g/mol. The van der Waals surface area contributed by atoms with Gasteiger partial charge in [-0.1, -0.05) is 35.3 Å². The Morgan fingerprint density at radius 2 is 1.54 bits per heavy atom. The summed E-state index contributed by atoms with van der Waals surface area (Å²) in [4.78, 5) is 49.1. The lowest BCUT2D eigenvalue weighted by atomic mass is 10.1. The first kappa shape index (κ1) is 54.4. The first-order valence-electron chi connectivity index (χ1n) is 25.1. The van der Waals surface area contributed by atoms with Crippen molar-refractivity contribution in [3.8, 4) is 28.3 Å². The number of nitrogens with one attached hydrogen (secondary N) is 3. The number of carbonyl (C=O) groups excluding carboxylic acids is 2. The van der Waals surface area contributed by atoms with Crippen molar-refractivity contribution >= 4 is 101 Å². The van der Waals surface area contributed by atoms with Crippen molar-refractivity contribution < 1.29 is 32.2 Å². The fourth-order valence-corrected chi connectivity index (χ4v) is 11.2. The third kappa shape index (κ3) is 14.4. The van der Waals surface area contributed by atoms with E-state index in [0.29, 0.717) is 109 Å². The molecule has 76 heavy (non-hydrogen) atoms. The molecule has 4 aromatic heterocycles. The van der Waals surface area contributed by atoms with Gasteiger partial charge >= 0.3 is 0 Å². The zero-order valence-corrected chi connectivity index (χ0v) is 45.5. The summed E-state index contributed by atoms with van der Waals surface area (Å²) in [6, 6.07) is 24.6. The van der Waals surface area contributed by atoms with Crippen molar-refractivity contribution in [1.82, 2.24) is 44.6 Å². The molecule has 3 aromatic carbocycles. The van der Waals surface area contributed by atoms with Crippen molar-refractivity contribution in [2.45, 2.75) is 19.8 Å². The number of aromatic nitrogens is 5. The van der Waals surface area contributed by atoms with Gasteiger partial charge in [-0.25, -0.2) is 27.9 Å². The molecule has 24 heteroatoms. The van der Waals surface area contributed by atoms with Crippen LogP contribution in [-0.4, -0.2) is 171 Å². The molecule has 6 heterocycles. The van der Waals surface area contributed by atoms with Gasteiger partial charge in [0.25, 0.3) is 0 Å². The van der Waals surface area contributed by atoms with Crippen molar-refractivity contribution in [2.24, 2.45) is 0 Å². The Morgan fingerprint density at radius 1 is 0.803 bits per heavy atom. The number of benzene rings is 3. The van der Waals surface area contributed by atoms with Crippen molar-refractivity contribution in [2.75, 3.05) is 132 Å². The quantitative estimate of drug-likeness (QED) is 0.0500. The minimum absolute atomic E-state index is 0.0771. The summed E-state index contributed by atoms with van der Waals surface area (Å²) in [6.45, 7) is 12.5. The number of anilines is 5. The second kappa shape index (κ2) is 25.2. The van der Waals surface area contributed by atoms with Crippen LogP contribution in [0.4, 0.5) is 29.0 Å². The second-order valence-electron chi connectivity index (χ2n) is 18.4. The predicted octanol–water partition coefficient (Wildman–Crippen LogP) is 6.52. The van der Waals surface area contributed by atoms with E-state index in [-0.39, 0.29) is 24.2 Å². The zero-order chi connectivity index (χ0) is 53.2. The number of piperazine rings is 2. The molecule has 0 spiro atoms. The number of carbonyl (C=O) groups is 2. The summed E-state index contributed by atoms with van der Waals surface area (Å²) >= 11 is 14.7. The molecule has 0 bridgehead atoms. The van der Waals surface area contributed by atoms with E-state index in [4.69, 9.17) is 48.2 Å². The molecule has 2 saturated heterocycles. The number of sulfonamides is 1. The molecular formula is C52H61Cl2N13O7S2. The molecule has 0 aliphatic carbocycles. The molecule has 2 aliphatic rings. The minimum Gasteiger partial charge on any atom is -0.491 e. The Hall–Kier alpha value is -6.37. The SMILES string of the molecule is CCNC(=O)Cc1cc2c(-c3cc(OCCN4CCN(C(=O)CCOCCOCCN5CCN(c6ccc(Nc7ncc8ccc(-c9cccc(NS(C)(=O)=O)c9)n8n7)cc6)CC5)CC4)c(Cl)cc3Cl)nc(N)nc2s1. The Bertz CT molecular complexity index is 3260. The Labute approximate surface area is 455 Å². The van der Waals surface area contributed by atoms with E-state index < -0.39 is 10.0 Å². The number of nitrogens with zero attached hydrogens (tertiary/aromatic N) is 9. The highest BCUT2D eigenvalue weighted by Crippen LogP contribution is 2.40. The van der Waals surface area contributed by atoms with Crippen LogP contribution in [0.3, 0.4) is 0 Å². The summed E-state index contributed by atoms with van der Waals surface area (Å²) < 4.78 is 45.7. The molecule has 2 fully saturated rings. The predicted molar refractivity (Wildman–Crippen MR) is 300 cm³/mol. The van der Waals surface area contributed by atoms with E-state index in [1.54, 1.807) is 41.0 Å². The fraction of sp³-hybridized carbons (Fsp3) is 0.385. The van der Waals surface area contributed by atoms with E-state index >= 15 is 0 Å². The van der Waals surface area contributed by atoms with E-state index in [2.05, 4.69) is 57.1 Å². The average Bonchev–Trinajstić information content (AvgIpc) is 4.04. The summed E-state index contributed by atoms with van der Waals surface area (Å²) in [6.07, 6.45) is 3.42. The lowest BCUT2D eigenvalue weighted by Crippen LogP contribution is -2.49. The Morgan fingerprint density at radius 3 is 2.29 bits per heavy atom. The molecular weight excluding hydrogens is 1050 g/mol. The molecule has 0 atom stereocenters. The summed E-state index contributed by atoms with van der Waals surface area (Å²) in [5, 5.41) is 12.3. The largest absolute Gasteiger partial charge is 0.491 e. The van der Waals surface area contributed by atoms with Crippen LogP contribution in [0.2, 0.25) is 10.0 Å². The number of ether oxygens (including phenoxy) is 3. The first-order valence-corrected chi connectivity index (χ1v) is 28.6. The number of fused-ring (bicyclic) bond motifs is 2. The van der Waals surface area contributed by atoms with Crippen LogP contribution in [0.5, 0.6) is 5.75 Å². The number of thiophene rings is 1. The Kier molecular flexibility index (Phi) is 18.0. The number of amides is 2. The molecule has 0 radical (unpaired) electrons. The van der Waals surface area contributed by atoms with Crippen LogP contribution < -0.4 is 30.7 Å². The normalized spacial score (nSPS) is 14.6. The van der Waals surface area contributed by atoms with Gasteiger partial charge in [-0.15, -0.1) is 16.4 Å². The zero-order valence-electron chi connectivity index (χ0n) is 42.3. The first-order chi connectivity index (χ1) is 36.7. The maximum atomic E-state index is 13.0. The number of hydrogen-bond donors (Lipinski definition) is 4. The van der Waals surface area contributed by atoms with Crippen molar-refractivity contribution in [3.05, 3.63) is 100.0 Å². The summed E-state index contributed by atoms with van der Waals surface area (Å²) in [5.41, 5.74) is 12.1. The van der Waals surface area contributed by atoms with E-state index in [1.165, 1.54) is 11.3 Å². The standard InChI is InChI=1S/C52H61Cl2N13O7S2/c1-3-56-47(68)31-40-30-42-49(59-51(55)60-50(42)75-40)41-32-46(44(54)33-43(41)53)74-26-23-64-16-20-66(21-17-64)48(69)13-24-72-27-28-73-25-22-63-14-18-65(19-15-63)38-9-7-36(8-10-38)58-52-57-34-39-11-12-45(67(39)61-52)35-5-4-6-37(29-35)62-76(2,70)71/h4-12,29-30,32-34,62H,3,13-28,31H2,1-2H3,(H,56,68)(H,58,61)(H2,55,59,60). The number of nitrogen functional groups attached to an aromatic ring is 1. The molecule has 20 nitrogen and oxygen atoms in total. The molecule has 0 saturated carbocycles. The van der Waals surface area contributed by atoms with Gasteiger partial charge in [0.1, 0.15) is 17.2 Å². The molecule has 5 N–H and O–H groups in total. The Balaban J connectivity index is 0.626. The van der Waals surface area contributed by atoms with Gasteiger partial charge in [-0.3, -0.25) is 24.1 Å². The summed E-state index contributed by atoms with van der Waals surface area (Å²) in [7, 11) is -3.41. The lowest BCUT2D eigenvalue weighted by molar-refractivity contribution is -0.134. The van der Waals surface area contributed by atoms with Gasteiger partial charge < -0.3 is 40.4 Å². The molecule has 7 aromatic rings. The lowest BCUT2D eigenvalue weighted by Gasteiger charge is -2.36. The number of likely N-dealkylation sites (N-methyl/N-ethyl adjacent to an activating group) is 1. The smallest absolute Gasteiger partial charge is 0.245 e. The number of rotatable bonds is 23. The third-order valence-corrected chi connectivity index (χ3v) is 15.2. The van der Waals surface area contributed by atoms with Crippen LogP contribution in [0.25, 0.3) is 38.2 Å². The average molecular weight is 1120 g/mol. The van der Waals surface area contributed by atoms with Gasteiger partial charge in [-0.05, 0) is 73.7 Å². The molecule has 402 valence electrons. The number of hydrogen-bond acceptors (Lipinski definition) is 17. The molecule has 2 amide bonds. The highest BCUT2D eigenvalue weighted by Gasteiger charge is 2.23. The highest BCUT2D eigenvalue weighted by atomic mass is 35.5. The highest BCUT2D eigenvalue weighted by molar-refractivity contribution is 7.92. The molecule has 2 aliphatic heterocycles. The molecule has 0 unspecified atom stereocenters. The van der Waals surface area contributed by atoms with Crippen LogP contribution in [0.15, 0.2) is 85.1 Å². The van der Waals surface area contributed by atoms with Crippen LogP contribution in [-0.2, 0) is 35.5 Å². The summed E-state index contributed by atoms with van der Waals surface area (Å²) in [5.74, 6) is 0.984. The van der Waals surface area contributed by atoms with Gasteiger partial charge in [0.05, 0.1) is 78.7 Å². The van der Waals surface area contributed by atoms with Gasteiger partial charge in [0.2, 0.25) is 33.7 Å². The second-order valence-corrected chi connectivity index (χ2v) is 22.1. The van der Waals surface area contributed by atoms with Crippen molar-refractivity contribution in [1.29, 1.82) is 0 Å². The maximum Gasteiger partial charge on any atom is 0.245 e. The van der Waals surface area contributed by atoms with E-state index in [9.17, 15) is 18.0 Å². The minimum atomic E-state index is -3.41. The van der Waals surface area contributed by atoms with Gasteiger partial charge in [-0.2, -0.15) is 0 Å². The molecule has 9 rings (SSSR count).